The van der Waals surface area contributed by atoms with Crippen LogP contribution in [0.4, 0.5) is 5.69 Å². The van der Waals surface area contributed by atoms with E-state index in [1.54, 1.807) is 38.7 Å². The molecule has 0 unspecified atom stereocenters. The third kappa shape index (κ3) is 3.64. The van der Waals surface area contributed by atoms with Crippen LogP contribution >= 0.6 is 24.0 Å². The number of rotatable bonds is 5. The summed E-state index contributed by atoms with van der Waals surface area (Å²) in [5, 5.41) is 9.45. The van der Waals surface area contributed by atoms with Gasteiger partial charge in [0, 0.05) is 11.4 Å². The molecule has 0 bridgehead atoms. The van der Waals surface area contributed by atoms with E-state index in [4.69, 9.17) is 22.2 Å². The molecule has 2 heterocycles. The van der Waals surface area contributed by atoms with Crippen molar-refractivity contribution in [3.8, 4) is 6.07 Å². The average Bonchev–Trinajstić information content (AvgIpc) is 2.79. The smallest absolute Gasteiger partial charge is 0.313 e. The van der Waals surface area contributed by atoms with Gasteiger partial charge >= 0.3 is 5.97 Å². The second-order valence-corrected chi connectivity index (χ2v) is 8.51. The predicted octanol–water partition coefficient (Wildman–Crippen LogP) is 2.59. The van der Waals surface area contributed by atoms with Crippen molar-refractivity contribution in [3.63, 3.8) is 0 Å². The first kappa shape index (κ1) is 21.1. The fourth-order valence-corrected chi connectivity index (χ4v) is 3.87. The molecule has 0 radical (unpaired) electrons. The first-order valence-corrected chi connectivity index (χ1v) is 9.83. The minimum Gasteiger partial charge on any atom is -0.469 e. The number of aromatic nitrogens is 1. The van der Waals surface area contributed by atoms with E-state index in [0.29, 0.717) is 21.4 Å². The Morgan fingerprint density at radius 3 is 2.63 bits per heavy atom. The van der Waals surface area contributed by atoms with Gasteiger partial charge in [0.05, 0.1) is 24.4 Å². The highest BCUT2D eigenvalue weighted by Crippen LogP contribution is 2.36. The summed E-state index contributed by atoms with van der Waals surface area (Å²) in [6.07, 6.45) is 3.30. The number of thiocarbonyl (C=S) groups is 1. The molecule has 1 amide bonds. The number of ether oxygens (including phenoxy) is 1. The maximum atomic E-state index is 13.1. The van der Waals surface area contributed by atoms with Gasteiger partial charge in [-0.15, -0.1) is 11.8 Å². The minimum atomic E-state index is -0.935. The molecule has 1 aliphatic rings. The molecule has 0 N–H and O–H groups in total. The lowest BCUT2D eigenvalue weighted by Gasteiger charge is -2.35. The van der Waals surface area contributed by atoms with Crippen molar-refractivity contribution >= 4 is 46.7 Å². The molecule has 2 rings (SSSR count). The Morgan fingerprint density at radius 2 is 2.11 bits per heavy atom. The van der Waals surface area contributed by atoms with Crippen molar-refractivity contribution < 1.29 is 14.3 Å². The zero-order valence-corrected chi connectivity index (χ0v) is 17.8. The quantitative estimate of drug-likeness (QED) is 0.419. The van der Waals surface area contributed by atoms with Gasteiger partial charge in [0.2, 0.25) is 0 Å². The molecule has 0 atom stereocenters. The summed E-state index contributed by atoms with van der Waals surface area (Å²) in [6.45, 7) is 7.26. The Labute approximate surface area is 168 Å². The highest BCUT2D eigenvalue weighted by molar-refractivity contribution is 7.98. The number of esters is 1. The zero-order valence-electron chi connectivity index (χ0n) is 16.2. The largest absolute Gasteiger partial charge is 0.469 e. The summed E-state index contributed by atoms with van der Waals surface area (Å²) in [4.78, 5) is 33.2. The molecule has 1 aromatic rings. The molecular weight excluding hydrogens is 384 g/mol. The lowest BCUT2D eigenvalue weighted by atomic mass is 9.91. The Balaban J connectivity index is 2.45. The molecule has 1 saturated heterocycles. The number of anilines is 1. The molecule has 1 aliphatic heterocycles. The third-order valence-corrected chi connectivity index (χ3v) is 5.69. The van der Waals surface area contributed by atoms with E-state index >= 15 is 0 Å². The summed E-state index contributed by atoms with van der Waals surface area (Å²) in [6, 6.07) is 3.76. The van der Waals surface area contributed by atoms with Crippen LogP contribution in [-0.2, 0) is 14.3 Å². The summed E-state index contributed by atoms with van der Waals surface area (Å²) >= 11 is 6.95. The lowest BCUT2D eigenvalue weighted by Crippen LogP contribution is -2.50. The number of pyridine rings is 1. The SMILES string of the molecule is COC(=O)C(C)(C)CN1C(=S)N(c2cnc(C#N)c(SC)c2)C(=O)C1(C)C. The van der Waals surface area contributed by atoms with Crippen molar-refractivity contribution in [3.05, 3.63) is 18.0 Å². The predicted molar refractivity (Wildman–Crippen MR) is 107 cm³/mol. The molecule has 9 heteroatoms. The first-order valence-electron chi connectivity index (χ1n) is 8.20. The molecule has 7 nitrogen and oxygen atoms in total. The van der Waals surface area contributed by atoms with Gasteiger partial charge in [-0.2, -0.15) is 5.26 Å². The van der Waals surface area contributed by atoms with E-state index in [1.165, 1.54) is 30.0 Å². The normalized spacial score (nSPS) is 16.5. The van der Waals surface area contributed by atoms with Gasteiger partial charge in [0.15, 0.2) is 10.8 Å². The summed E-state index contributed by atoms with van der Waals surface area (Å²) in [5.74, 6) is -0.594. The monoisotopic (exact) mass is 406 g/mol. The molecule has 0 saturated carbocycles. The Morgan fingerprint density at radius 1 is 1.48 bits per heavy atom. The molecule has 1 fully saturated rings. The number of carbonyl (C=O) groups excluding carboxylic acids is 2. The molecule has 1 aromatic heterocycles. The van der Waals surface area contributed by atoms with Crippen LogP contribution in [-0.4, -0.2) is 52.3 Å². The summed E-state index contributed by atoms with van der Waals surface area (Å²) < 4.78 is 4.87. The zero-order chi connectivity index (χ0) is 20.6. The van der Waals surface area contributed by atoms with Crippen molar-refractivity contribution in [1.29, 1.82) is 5.26 Å². The minimum absolute atomic E-state index is 0.216. The lowest BCUT2D eigenvalue weighted by molar-refractivity contribution is -0.152. The second-order valence-electron chi connectivity index (χ2n) is 7.30. The van der Waals surface area contributed by atoms with Crippen LogP contribution in [0.5, 0.6) is 0 Å². The van der Waals surface area contributed by atoms with Gasteiger partial charge in [-0.3, -0.25) is 14.5 Å². The average molecular weight is 407 g/mol. The van der Waals surface area contributed by atoms with E-state index in [0.717, 1.165) is 0 Å². The van der Waals surface area contributed by atoms with Gasteiger partial charge in [0.25, 0.3) is 5.91 Å². The molecule has 27 heavy (non-hydrogen) atoms. The van der Waals surface area contributed by atoms with Crippen LogP contribution in [0.2, 0.25) is 0 Å². The number of nitrogens with zero attached hydrogens (tertiary/aromatic N) is 4. The fraction of sp³-hybridized carbons (Fsp3) is 0.500. The standard InChI is InChI=1S/C18H22N4O3S2/c1-17(2,15(24)25-5)10-21-16(26)22(14(23)18(21,3)4)11-7-13(27-6)12(8-19)20-9-11/h7,9H,10H2,1-6H3. The van der Waals surface area contributed by atoms with Gasteiger partial charge in [-0.1, -0.05) is 0 Å². The van der Waals surface area contributed by atoms with Gasteiger partial charge < -0.3 is 9.64 Å². The topological polar surface area (TPSA) is 86.5 Å². The fourth-order valence-electron chi connectivity index (χ4n) is 2.86. The number of hydrogen-bond acceptors (Lipinski definition) is 7. The van der Waals surface area contributed by atoms with E-state index in [9.17, 15) is 9.59 Å². The summed E-state index contributed by atoms with van der Waals surface area (Å²) in [5.41, 5.74) is -0.984. The van der Waals surface area contributed by atoms with Crippen molar-refractivity contribution in [2.24, 2.45) is 5.41 Å². The van der Waals surface area contributed by atoms with E-state index in [-0.39, 0.29) is 18.4 Å². The Hall–Kier alpha value is -2.18. The Kier molecular flexibility index (Phi) is 5.82. The van der Waals surface area contributed by atoms with Gasteiger partial charge in [-0.05, 0) is 52.2 Å². The number of thioether (sulfide) groups is 1. The van der Waals surface area contributed by atoms with Crippen LogP contribution in [0.1, 0.15) is 33.4 Å². The molecule has 0 aliphatic carbocycles. The molecule has 0 aromatic carbocycles. The number of amides is 1. The first-order chi connectivity index (χ1) is 12.5. The molecule has 0 spiro atoms. The second kappa shape index (κ2) is 7.44. The van der Waals surface area contributed by atoms with Crippen LogP contribution < -0.4 is 4.90 Å². The maximum Gasteiger partial charge on any atom is 0.313 e. The van der Waals surface area contributed by atoms with E-state index < -0.39 is 11.0 Å². The third-order valence-electron chi connectivity index (χ3n) is 4.54. The van der Waals surface area contributed by atoms with Crippen LogP contribution in [0.15, 0.2) is 17.2 Å². The maximum absolute atomic E-state index is 13.1. The molecule has 144 valence electrons. The van der Waals surface area contributed by atoms with E-state index in [1.807, 2.05) is 12.3 Å². The number of methoxy groups -OCH3 is 1. The highest BCUT2D eigenvalue weighted by atomic mass is 32.2. The molecular formula is C18H22N4O3S2. The van der Waals surface area contributed by atoms with E-state index in [2.05, 4.69) is 4.98 Å². The van der Waals surface area contributed by atoms with Crippen LogP contribution in [0.25, 0.3) is 0 Å². The highest BCUT2D eigenvalue weighted by Gasteiger charge is 2.51. The summed E-state index contributed by atoms with van der Waals surface area (Å²) in [7, 11) is 1.33. The Bertz CT molecular complexity index is 845. The van der Waals surface area contributed by atoms with Crippen molar-refractivity contribution in [1.82, 2.24) is 9.88 Å². The van der Waals surface area contributed by atoms with Gasteiger partial charge in [-0.25, -0.2) is 4.98 Å². The number of nitriles is 1. The van der Waals surface area contributed by atoms with Crippen molar-refractivity contribution in [2.75, 3.05) is 24.8 Å². The van der Waals surface area contributed by atoms with Crippen molar-refractivity contribution in [2.45, 2.75) is 38.1 Å². The van der Waals surface area contributed by atoms with Gasteiger partial charge in [0.1, 0.15) is 11.6 Å². The van der Waals surface area contributed by atoms with Crippen LogP contribution in [0, 0.1) is 16.7 Å². The number of hydrogen-bond donors (Lipinski definition) is 0. The van der Waals surface area contributed by atoms with Crippen LogP contribution in [0.3, 0.4) is 0 Å². The number of carbonyl (C=O) groups is 2.